The Hall–Kier alpha value is -2.55. The Kier molecular flexibility index (Phi) is 4.79. The van der Waals surface area contributed by atoms with Gasteiger partial charge >= 0.3 is 0 Å². The molecule has 1 N–H and O–H groups in total. The maximum absolute atomic E-state index is 12.1. The average molecular weight is 371 g/mol. The zero-order valence-electron chi connectivity index (χ0n) is 14.7. The predicted molar refractivity (Wildman–Crippen MR) is 101 cm³/mol. The Morgan fingerprint density at radius 2 is 2.12 bits per heavy atom. The van der Waals surface area contributed by atoms with Crippen molar-refractivity contribution in [2.75, 3.05) is 24.5 Å². The summed E-state index contributed by atoms with van der Waals surface area (Å²) in [7, 11) is 0. The second-order valence-electron chi connectivity index (χ2n) is 6.36. The first-order valence-electron chi connectivity index (χ1n) is 8.84. The van der Waals surface area contributed by atoms with Crippen LogP contribution in [0.2, 0.25) is 0 Å². The van der Waals surface area contributed by atoms with Gasteiger partial charge in [0.15, 0.2) is 5.65 Å². The fourth-order valence-electron chi connectivity index (χ4n) is 3.24. The first kappa shape index (κ1) is 16.9. The largest absolute Gasteiger partial charge is 0.356 e. The Morgan fingerprint density at radius 3 is 2.88 bits per heavy atom. The van der Waals surface area contributed by atoms with Gasteiger partial charge in [-0.2, -0.15) is 5.10 Å². The van der Waals surface area contributed by atoms with Crippen molar-refractivity contribution in [1.82, 2.24) is 30.0 Å². The Labute approximate surface area is 155 Å². The minimum Gasteiger partial charge on any atom is -0.356 e. The van der Waals surface area contributed by atoms with Crippen LogP contribution in [0, 0.1) is 6.92 Å². The van der Waals surface area contributed by atoms with Gasteiger partial charge in [-0.05, 0) is 26.2 Å². The Morgan fingerprint density at radius 1 is 1.27 bits per heavy atom. The van der Waals surface area contributed by atoms with Crippen molar-refractivity contribution in [1.29, 1.82) is 0 Å². The van der Waals surface area contributed by atoms with Crippen LogP contribution >= 0.6 is 11.3 Å². The molecule has 0 saturated carbocycles. The van der Waals surface area contributed by atoms with E-state index in [4.69, 9.17) is 0 Å². The molecule has 8 nitrogen and oxygen atoms in total. The number of nitrogens with zero attached hydrogens (tertiary/aromatic N) is 6. The second-order valence-corrected chi connectivity index (χ2v) is 7.42. The van der Waals surface area contributed by atoms with Crippen LogP contribution < -0.4 is 10.2 Å². The number of fused-ring (bicyclic) bond motifs is 1. The van der Waals surface area contributed by atoms with Crippen LogP contribution in [-0.4, -0.2) is 50.3 Å². The molecule has 0 bridgehead atoms. The number of aryl methyl sites for hydroxylation is 1. The van der Waals surface area contributed by atoms with E-state index >= 15 is 0 Å². The van der Waals surface area contributed by atoms with Crippen LogP contribution in [0.3, 0.4) is 0 Å². The minimum atomic E-state index is -0.158. The van der Waals surface area contributed by atoms with E-state index in [1.807, 2.05) is 17.8 Å². The van der Waals surface area contributed by atoms with Crippen molar-refractivity contribution < 1.29 is 4.79 Å². The number of rotatable bonds is 5. The number of piperidine rings is 1. The molecule has 4 heterocycles. The summed E-state index contributed by atoms with van der Waals surface area (Å²) in [6.07, 6.45) is 7.09. The van der Waals surface area contributed by atoms with Crippen molar-refractivity contribution in [3.63, 3.8) is 0 Å². The van der Waals surface area contributed by atoms with Crippen LogP contribution in [0.1, 0.15) is 34.8 Å². The van der Waals surface area contributed by atoms with Gasteiger partial charge in [0.05, 0.1) is 23.1 Å². The van der Waals surface area contributed by atoms with Gasteiger partial charge < -0.3 is 10.2 Å². The second kappa shape index (κ2) is 7.36. The molecule has 3 aromatic heterocycles. The lowest BCUT2D eigenvalue weighted by atomic mass is 10.1. The summed E-state index contributed by atoms with van der Waals surface area (Å²) in [6.45, 7) is 4.96. The van der Waals surface area contributed by atoms with Gasteiger partial charge in [-0.15, -0.1) is 11.3 Å². The Bertz CT molecular complexity index is 913. The lowest BCUT2D eigenvalue weighted by Crippen LogP contribution is -2.30. The molecule has 0 unspecified atom stereocenters. The van der Waals surface area contributed by atoms with Gasteiger partial charge in [0.25, 0.3) is 5.91 Å². The molecule has 1 saturated heterocycles. The summed E-state index contributed by atoms with van der Waals surface area (Å²) in [5.74, 6) is 0.803. The molecule has 1 fully saturated rings. The average Bonchev–Trinajstić information content (AvgIpc) is 3.29. The highest BCUT2D eigenvalue weighted by atomic mass is 32.1. The molecule has 3 aromatic rings. The molecule has 0 radical (unpaired) electrons. The van der Waals surface area contributed by atoms with Crippen LogP contribution in [-0.2, 0) is 6.54 Å². The van der Waals surface area contributed by atoms with Gasteiger partial charge in [0.1, 0.15) is 17.8 Å². The van der Waals surface area contributed by atoms with Crippen LogP contribution in [0.15, 0.2) is 17.9 Å². The lowest BCUT2D eigenvalue weighted by Gasteiger charge is -2.27. The number of carbonyl (C=O) groups is 1. The standard InChI is InChI=1S/C17H21N7OS/c1-12-22-14(10-26-12)17(25)18-5-8-24-16-13(9-21-24)15(19-11-20-16)23-6-3-2-4-7-23/h9-11H,2-8H2,1H3,(H,18,25). The summed E-state index contributed by atoms with van der Waals surface area (Å²) >= 11 is 1.47. The Balaban J connectivity index is 1.45. The number of amides is 1. The topological polar surface area (TPSA) is 88.8 Å². The van der Waals surface area contributed by atoms with E-state index in [1.165, 1.54) is 30.6 Å². The maximum Gasteiger partial charge on any atom is 0.270 e. The first-order valence-corrected chi connectivity index (χ1v) is 9.72. The summed E-state index contributed by atoms with van der Waals surface area (Å²) < 4.78 is 1.82. The highest BCUT2D eigenvalue weighted by molar-refractivity contribution is 7.09. The third-order valence-corrected chi connectivity index (χ3v) is 5.30. The molecule has 0 spiro atoms. The lowest BCUT2D eigenvalue weighted by molar-refractivity contribution is 0.0947. The highest BCUT2D eigenvalue weighted by Gasteiger charge is 2.17. The van der Waals surface area contributed by atoms with Gasteiger partial charge in [-0.1, -0.05) is 0 Å². The van der Waals surface area contributed by atoms with Gasteiger partial charge in [-0.25, -0.2) is 19.6 Å². The quantitative estimate of drug-likeness (QED) is 0.738. The minimum absolute atomic E-state index is 0.158. The van der Waals surface area contributed by atoms with Crippen molar-refractivity contribution in [2.45, 2.75) is 32.7 Å². The molecule has 9 heteroatoms. The van der Waals surface area contributed by atoms with E-state index in [1.54, 1.807) is 11.7 Å². The number of aromatic nitrogens is 5. The number of thiazole rings is 1. The fraction of sp³-hybridized carbons (Fsp3) is 0.471. The number of hydrogen-bond donors (Lipinski definition) is 1. The van der Waals surface area contributed by atoms with Gasteiger partial charge in [0.2, 0.25) is 0 Å². The third-order valence-electron chi connectivity index (χ3n) is 4.53. The summed E-state index contributed by atoms with van der Waals surface area (Å²) in [5, 5.41) is 11.0. The van der Waals surface area contributed by atoms with Crippen LogP contribution in [0.4, 0.5) is 5.82 Å². The molecule has 0 aromatic carbocycles. The van der Waals surface area contributed by atoms with E-state index < -0.39 is 0 Å². The van der Waals surface area contributed by atoms with E-state index in [0.29, 0.717) is 18.8 Å². The third kappa shape index (κ3) is 3.39. The van der Waals surface area contributed by atoms with Crippen molar-refractivity contribution in [3.05, 3.63) is 28.6 Å². The normalized spacial score (nSPS) is 14.7. The molecule has 1 amide bonds. The monoisotopic (exact) mass is 371 g/mol. The van der Waals surface area contributed by atoms with Crippen molar-refractivity contribution in [3.8, 4) is 0 Å². The summed E-state index contributed by atoms with van der Waals surface area (Å²) in [4.78, 5) is 27.5. The molecular formula is C17H21N7OS. The van der Waals surface area contributed by atoms with Crippen LogP contribution in [0.25, 0.3) is 11.0 Å². The van der Waals surface area contributed by atoms with Crippen molar-refractivity contribution >= 4 is 34.1 Å². The molecule has 1 aliphatic rings. The highest BCUT2D eigenvalue weighted by Crippen LogP contribution is 2.25. The number of nitrogens with one attached hydrogen (secondary N) is 1. The molecule has 26 heavy (non-hydrogen) atoms. The van der Waals surface area contributed by atoms with Crippen LogP contribution in [0.5, 0.6) is 0 Å². The van der Waals surface area contributed by atoms with E-state index in [2.05, 4.69) is 30.3 Å². The molecular weight excluding hydrogens is 350 g/mol. The van der Waals surface area contributed by atoms with Gasteiger partial charge in [0, 0.05) is 25.0 Å². The zero-order chi connectivity index (χ0) is 17.9. The molecule has 1 aliphatic heterocycles. The molecule has 0 aliphatic carbocycles. The van der Waals surface area contributed by atoms with Gasteiger partial charge in [-0.3, -0.25) is 4.79 Å². The number of anilines is 1. The number of carbonyl (C=O) groups excluding carboxylic acids is 1. The molecule has 136 valence electrons. The number of hydrogen-bond acceptors (Lipinski definition) is 7. The van der Waals surface area contributed by atoms with E-state index in [0.717, 1.165) is 34.9 Å². The fourth-order valence-corrected chi connectivity index (χ4v) is 3.83. The van der Waals surface area contributed by atoms with Crippen molar-refractivity contribution in [2.24, 2.45) is 0 Å². The molecule has 0 atom stereocenters. The molecule has 4 rings (SSSR count). The van der Waals surface area contributed by atoms with E-state index in [9.17, 15) is 4.79 Å². The van der Waals surface area contributed by atoms with E-state index in [-0.39, 0.29) is 5.91 Å². The SMILES string of the molecule is Cc1nc(C(=O)NCCn2ncc3c(N4CCCCC4)ncnc32)cs1. The smallest absolute Gasteiger partial charge is 0.270 e. The maximum atomic E-state index is 12.1. The summed E-state index contributed by atoms with van der Waals surface area (Å²) in [5.41, 5.74) is 1.27. The first-order chi connectivity index (χ1) is 12.7. The summed E-state index contributed by atoms with van der Waals surface area (Å²) in [6, 6.07) is 0. The predicted octanol–water partition coefficient (Wildman–Crippen LogP) is 2.01. The zero-order valence-corrected chi connectivity index (χ0v) is 15.5.